The third-order valence-electron chi connectivity index (χ3n) is 7.02. The van der Waals surface area contributed by atoms with Gasteiger partial charge in [0.2, 0.25) is 5.79 Å². The SMILES string of the molecule is C[C@@H]1CC[C@H]2[C@@H](C)[C@](OCC=O)(C(F)(F)F)O[C@@H]3O[C@]4(C)CC[C@@H]1C32OO4. The van der Waals surface area contributed by atoms with Crippen molar-refractivity contribution in [1.82, 2.24) is 0 Å². The predicted molar refractivity (Wildman–Crippen MR) is 83.8 cm³/mol. The van der Waals surface area contributed by atoms with Crippen molar-refractivity contribution >= 4 is 6.29 Å². The van der Waals surface area contributed by atoms with Crippen LogP contribution in [0.4, 0.5) is 13.2 Å². The van der Waals surface area contributed by atoms with E-state index in [2.05, 4.69) is 6.92 Å². The Morgan fingerprint density at radius 1 is 1.11 bits per heavy atom. The molecule has 0 amide bonds. The van der Waals surface area contributed by atoms with E-state index in [1.54, 1.807) is 6.92 Å². The van der Waals surface area contributed by atoms with Crippen LogP contribution in [0.3, 0.4) is 0 Å². The molecule has 0 aromatic rings. The summed E-state index contributed by atoms with van der Waals surface area (Å²) in [4.78, 5) is 22.2. The summed E-state index contributed by atoms with van der Waals surface area (Å²) in [6.07, 6.45) is -3.35. The smallest absolute Gasteiger partial charge is 0.335 e. The van der Waals surface area contributed by atoms with Crippen LogP contribution in [0.2, 0.25) is 0 Å². The molecule has 27 heavy (non-hydrogen) atoms. The maximum atomic E-state index is 14.2. The van der Waals surface area contributed by atoms with Crippen LogP contribution in [-0.4, -0.2) is 42.5 Å². The first kappa shape index (κ1) is 19.6. The molecule has 4 heterocycles. The zero-order valence-corrected chi connectivity index (χ0v) is 15.6. The van der Waals surface area contributed by atoms with Crippen molar-refractivity contribution in [1.29, 1.82) is 0 Å². The number of aldehydes is 1. The highest BCUT2D eigenvalue weighted by atomic mass is 19.4. The van der Waals surface area contributed by atoms with E-state index >= 15 is 0 Å². The van der Waals surface area contributed by atoms with Gasteiger partial charge < -0.3 is 19.0 Å². The lowest BCUT2D eigenvalue weighted by Gasteiger charge is -2.62. The molecule has 0 aromatic carbocycles. The zero-order chi connectivity index (χ0) is 19.7. The Balaban J connectivity index is 1.83. The number of fused-ring (bicyclic) bond motifs is 2. The fourth-order valence-corrected chi connectivity index (χ4v) is 5.65. The highest BCUT2D eigenvalue weighted by molar-refractivity contribution is 5.50. The van der Waals surface area contributed by atoms with Gasteiger partial charge in [-0.3, -0.25) is 0 Å². The Bertz CT molecular complexity index is 614. The van der Waals surface area contributed by atoms with E-state index in [-0.39, 0.29) is 11.8 Å². The Morgan fingerprint density at radius 3 is 2.52 bits per heavy atom. The third kappa shape index (κ3) is 2.55. The molecule has 6 nitrogen and oxygen atoms in total. The number of ether oxygens (including phenoxy) is 3. The topological polar surface area (TPSA) is 63.2 Å². The molecule has 5 aliphatic rings. The number of hydrogen-bond donors (Lipinski definition) is 0. The number of rotatable bonds is 3. The quantitative estimate of drug-likeness (QED) is 0.540. The summed E-state index contributed by atoms with van der Waals surface area (Å²) in [5.41, 5.74) is -1.12. The van der Waals surface area contributed by atoms with Crippen LogP contribution in [0.25, 0.3) is 0 Å². The summed E-state index contributed by atoms with van der Waals surface area (Å²) >= 11 is 0. The van der Waals surface area contributed by atoms with Gasteiger partial charge in [0.15, 0.2) is 11.9 Å². The summed E-state index contributed by atoms with van der Waals surface area (Å²) in [7, 11) is 0. The van der Waals surface area contributed by atoms with Gasteiger partial charge in [-0.2, -0.15) is 13.2 Å². The lowest BCUT2D eigenvalue weighted by molar-refractivity contribution is -0.598. The third-order valence-corrected chi connectivity index (χ3v) is 7.02. The van der Waals surface area contributed by atoms with Crippen molar-refractivity contribution < 1.29 is 42.0 Å². The first-order chi connectivity index (χ1) is 12.6. The molecule has 0 N–H and O–H groups in total. The van der Waals surface area contributed by atoms with E-state index in [0.29, 0.717) is 19.1 Å². The van der Waals surface area contributed by atoms with Gasteiger partial charge in [-0.15, -0.1) is 0 Å². The summed E-state index contributed by atoms with van der Waals surface area (Å²) in [6, 6.07) is 0. The summed E-state index contributed by atoms with van der Waals surface area (Å²) in [5, 5.41) is 0. The number of alkyl halides is 3. The lowest BCUT2D eigenvalue weighted by Crippen LogP contribution is -2.76. The molecule has 1 saturated carbocycles. The normalized spacial score (nSPS) is 52.1. The van der Waals surface area contributed by atoms with E-state index in [1.165, 1.54) is 6.92 Å². The summed E-state index contributed by atoms with van der Waals surface area (Å²) in [5.74, 6) is -5.57. The molecule has 2 bridgehead atoms. The minimum Gasteiger partial charge on any atom is -0.335 e. The molecule has 154 valence electrons. The van der Waals surface area contributed by atoms with Crippen molar-refractivity contribution in [3.8, 4) is 0 Å². The summed E-state index contributed by atoms with van der Waals surface area (Å²) < 4.78 is 59.1. The standard InChI is InChI=1S/C18H25F3O6/c1-10-4-5-13-11(2)17(18(19,20)21,23-9-8-22)25-14-16(13)12(10)6-7-15(3,24-14)26-27-16/h8,10-14H,4-7,9H2,1-3H3/t10-,11-,12+,13+,14+,15+,16?,17-/m1/s1. The van der Waals surface area contributed by atoms with Gasteiger partial charge in [-0.05, 0) is 38.0 Å². The van der Waals surface area contributed by atoms with E-state index < -0.39 is 48.1 Å². The van der Waals surface area contributed by atoms with E-state index in [1.807, 2.05) is 0 Å². The van der Waals surface area contributed by atoms with Gasteiger partial charge >= 0.3 is 6.18 Å². The van der Waals surface area contributed by atoms with Gasteiger partial charge in [0.25, 0.3) is 5.79 Å². The Hall–Kier alpha value is -0.740. The van der Waals surface area contributed by atoms with Gasteiger partial charge in [0, 0.05) is 18.3 Å². The van der Waals surface area contributed by atoms with Crippen LogP contribution in [0.15, 0.2) is 0 Å². The fraction of sp³-hybridized carbons (Fsp3) is 0.944. The second kappa shape index (κ2) is 6.13. The maximum absolute atomic E-state index is 14.2. The van der Waals surface area contributed by atoms with Crippen LogP contribution in [-0.2, 0) is 28.8 Å². The van der Waals surface area contributed by atoms with Crippen LogP contribution < -0.4 is 0 Å². The first-order valence-corrected chi connectivity index (χ1v) is 9.46. The van der Waals surface area contributed by atoms with Gasteiger partial charge in [0.1, 0.15) is 12.9 Å². The molecule has 5 fully saturated rings. The minimum atomic E-state index is -4.84. The van der Waals surface area contributed by atoms with Crippen LogP contribution in [0, 0.1) is 23.7 Å². The summed E-state index contributed by atoms with van der Waals surface area (Å²) in [6.45, 7) is 4.45. The van der Waals surface area contributed by atoms with Crippen molar-refractivity contribution in [3.63, 3.8) is 0 Å². The number of halogens is 3. The van der Waals surface area contributed by atoms with E-state index in [9.17, 15) is 18.0 Å². The van der Waals surface area contributed by atoms with Crippen LogP contribution >= 0.6 is 0 Å². The number of hydrogen-bond acceptors (Lipinski definition) is 6. The minimum absolute atomic E-state index is 0.0506. The van der Waals surface area contributed by atoms with Gasteiger partial charge in [-0.25, -0.2) is 9.78 Å². The maximum Gasteiger partial charge on any atom is 0.443 e. The number of carbonyl (C=O) groups is 1. The molecule has 4 saturated heterocycles. The molecule has 5 rings (SSSR count). The molecule has 1 aliphatic carbocycles. The van der Waals surface area contributed by atoms with Crippen LogP contribution in [0.5, 0.6) is 0 Å². The predicted octanol–water partition coefficient (Wildman–Crippen LogP) is 3.34. The average Bonchev–Trinajstić information content (AvgIpc) is 2.82. The molecule has 4 aliphatic heterocycles. The molecular formula is C18H25F3O6. The highest BCUT2D eigenvalue weighted by Gasteiger charge is 2.77. The monoisotopic (exact) mass is 394 g/mol. The van der Waals surface area contributed by atoms with E-state index in [4.69, 9.17) is 24.0 Å². The van der Waals surface area contributed by atoms with Crippen molar-refractivity contribution in [3.05, 3.63) is 0 Å². The Morgan fingerprint density at radius 2 is 1.85 bits per heavy atom. The average molecular weight is 394 g/mol. The largest absolute Gasteiger partial charge is 0.443 e. The fourth-order valence-electron chi connectivity index (χ4n) is 5.65. The lowest BCUT2D eigenvalue weighted by atomic mass is 9.57. The second-order valence-electron chi connectivity index (χ2n) is 8.46. The van der Waals surface area contributed by atoms with Crippen LogP contribution in [0.1, 0.15) is 46.5 Å². The molecule has 8 atom stereocenters. The van der Waals surface area contributed by atoms with E-state index in [0.717, 1.165) is 12.8 Å². The number of carbonyl (C=O) groups excluding carboxylic acids is 1. The van der Waals surface area contributed by atoms with Gasteiger partial charge in [0.05, 0.1) is 0 Å². The molecule has 0 radical (unpaired) electrons. The molecule has 0 aromatic heterocycles. The molecule has 1 unspecified atom stereocenters. The Labute approximate surface area is 155 Å². The van der Waals surface area contributed by atoms with Crippen molar-refractivity contribution in [2.24, 2.45) is 23.7 Å². The molecule has 1 spiro atoms. The van der Waals surface area contributed by atoms with Gasteiger partial charge in [-0.1, -0.05) is 13.8 Å². The molecular weight excluding hydrogens is 369 g/mol. The van der Waals surface area contributed by atoms with Crippen molar-refractivity contribution in [2.75, 3.05) is 6.61 Å². The first-order valence-electron chi connectivity index (χ1n) is 9.46. The van der Waals surface area contributed by atoms with Crippen molar-refractivity contribution in [2.45, 2.75) is 76.1 Å². The zero-order valence-electron chi connectivity index (χ0n) is 15.6. The second-order valence-corrected chi connectivity index (χ2v) is 8.46. The Kier molecular flexibility index (Phi) is 4.44. The molecule has 9 heteroatoms. The highest BCUT2D eigenvalue weighted by Crippen LogP contribution is 2.64.